The van der Waals surface area contributed by atoms with E-state index in [4.69, 9.17) is 15.4 Å². The van der Waals surface area contributed by atoms with Gasteiger partial charge in [-0.15, -0.1) is 0 Å². The number of ether oxygens (including phenoxy) is 1. The molecule has 0 bridgehead atoms. The third-order valence-corrected chi connectivity index (χ3v) is 5.07. The molecule has 23 heavy (non-hydrogen) atoms. The largest absolute Gasteiger partial charge is 0.465 e. The first-order valence-corrected chi connectivity index (χ1v) is 9.52. The molecule has 1 aliphatic rings. The van der Waals surface area contributed by atoms with Gasteiger partial charge in [-0.3, -0.25) is 4.79 Å². The standard InChI is InChI=1S/C15H18ClNO5S/c1-9-4-12(15(19)22-3)5-10(2)14(9)17-7-11(6-13(17)18)8-23(16,20)21/h4-5,11H,6-8H2,1-3H3. The second-order valence-corrected chi connectivity index (χ2v) is 8.55. The highest BCUT2D eigenvalue weighted by Crippen LogP contribution is 2.32. The third kappa shape index (κ3) is 4.03. The Balaban J connectivity index is 2.32. The monoisotopic (exact) mass is 359 g/mol. The molecule has 0 saturated carbocycles. The number of hydrogen-bond donors (Lipinski definition) is 0. The summed E-state index contributed by atoms with van der Waals surface area (Å²) in [7, 11) is 2.94. The molecule has 0 N–H and O–H groups in total. The topological polar surface area (TPSA) is 80.8 Å². The molecule has 1 heterocycles. The predicted molar refractivity (Wildman–Crippen MR) is 87.4 cm³/mol. The molecular formula is C15H18ClNO5S. The average Bonchev–Trinajstić information content (AvgIpc) is 2.75. The number of methoxy groups -OCH3 is 1. The van der Waals surface area contributed by atoms with Crippen LogP contribution in [-0.2, 0) is 18.6 Å². The highest BCUT2D eigenvalue weighted by atomic mass is 35.7. The highest BCUT2D eigenvalue weighted by molar-refractivity contribution is 8.13. The number of aryl methyl sites for hydroxylation is 2. The summed E-state index contributed by atoms with van der Waals surface area (Å²) in [5.41, 5.74) is 2.64. The first-order chi connectivity index (χ1) is 10.6. The molecule has 1 aromatic carbocycles. The van der Waals surface area contributed by atoms with E-state index in [-0.39, 0.29) is 24.0 Å². The van der Waals surface area contributed by atoms with Crippen LogP contribution >= 0.6 is 10.7 Å². The van der Waals surface area contributed by atoms with E-state index >= 15 is 0 Å². The lowest BCUT2D eigenvalue weighted by molar-refractivity contribution is -0.117. The van der Waals surface area contributed by atoms with Crippen LogP contribution < -0.4 is 4.90 Å². The van der Waals surface area contributed by atoms with Crippen LogP contribution in [0.3, 0.4) is 0 Å². The Bertz CT molecular complexity index is 736. The van der Waals surface area contributed by atoms with Gasteiger partial charge in [0.25, 0.3) is 0 Å². The fourth-order valence-electron chi connectivity index (χ4n) is 3.01. The van der Waals surface area contributed by atoms with Gasteiger partial charge in [0.05, 0.1) is 18.4 Å². The zero-order valence-electron chi connectivity index (χ0n) is 13.1. The Labute approximate surface area is 139 Å². The van der Waals surface area contributed by atoms with E-state index in [9.17, 15) is 18.0 Å². The zero-order valence-corrected chi connectivity index (χ0v) is 14.7. The van der Waals surface area contributed by atoms with Crippen LogP contribution in [0.4, 0.5) is 5.69 Å². The molecule has 0 aliphatic carbocycles. The van der Waals surface area contributed by atoms with Gasteiger partial charge in [0.2, 0.25) is 15.0 Å². The van der Waals surface area contributed by atoms with Crippen LogP contribution in [-0.4, -0.2) is 39.7 Å². The van der Waals surface area contributed by atoms with Crippen molar-refractivity contribution < 1.29 is 22.7 Å². The molecule has 1 fully saturated rings. The number of esters is 1. The Kier molecular flexibility index (Phi) is 5.01. The molecular weight excluding hydrogens is 342 g/mol. The van der Waals surface area contributed by atoms with Crippen LogP contribution in [0.5, 0.6) is 0 Å². The Morgan fingerprint density at radius 1 is 1.35 bits per heavy atom. The number of carbonyl (C=O) groups excluding carboxylic acids is 2. The van der Waals surface area contributed by atoms with Crippen LogP contribution in [0.25, 0.3) is 0 Å². The maximum absolute atomic E-state index is 12.2. The van der Waals surface area contributed by atoms with Gasteiger partial charge in [0, 0.05) is 35.3 Å². The summed E-state index contributed by atoms with van der Waals surface area (Å²) in [6.45, 7) is 3.89. The van der Waals surface area contributed by atoms with Crippen molar-refractivity contribution in [2.75, 3.05) is 24.3 Å². The van der Waals surface area contributed by atoms with Crippen LogP contribution in [0.2, 0.25) is 0 Å². The van der Waals surface area contributed by atoms with E-state index in [1.807, 2.05) is 0 Å². The van der Waals surface area contributed by atoms with Gasteiger partial charge in [0.15, 0.2) is 0 Å². The molecule has 1 aromatic rings. The summed E-state index contributed by atoms with van der Waals surface area (Å²) >= 11 is 0. The molecule has 126 valence electrons. The van der Waals surface area contributed by atoms with Crippen molar-refractivity contribution in [2.24, 2.45) is 5.92 Å². The number of carbonyl (C=O) groups is 2. The molecule has 6 nitrogen and oxygen atoms in total. The highest BCUT2D eigenvalue weighted by Gasteiger charge is 2.34. The lowest BCUT2D eigenvalue weighted by Gasteiger charge is -2.22. The fourth-order valence-corrected chi connectivity index (χ4v) is 4.33. The van der Waals surface area contributed by atoms with Crippen LogP contribution in [0, 0.1) is 19.8 Å². The number of anilines is 1. The summed E-state index contributed by atoms with van der Waals surface area (Å²) in [4.78, 5) is 25.5. The minimum absolute atomic E-state index is 0.142. The first kappa shape index (κ1) is 17.7. The Morgan fingerprint density at radius 2 is 1.91 bits per heavy atom. The van der Waals surface area contributed by atoms with E-state index < -0.39 is 15.0 Å². The number of benzene rings is 1. The molecule has 1 saturated heterocycles. The average molecular weight is 360 g/mol. The molecule has 1 aliphatic heterocycles. The van der Waals surface area contributed by atoms with Gasteiger partial charge in [-0.25, -0.2) is 13.2 Å². The minimum Gasteiger partial charge on any atom is -0.465 e. The second kappa shape index (κ2) is 6.49. The van der Waals surface area contributed by atoms with Gasteiger partial charge in [-0.05, 0) is 37.1 Å². The number of rotatable bonds is 4. The predicted octanol–water partition coefficient (Wildman–Crippen LogP) is 2.01. The summed E-state index contributed by atoms with van der Waals surface area (Å²) in [6, 6.07) is 3.32. The summed E-state index contributed by atoms with van der Waals surface area (Å²) < 4.78 is 27.1. The van der Waals surface area contributed by atoms with E-state index in [1.54, 1.807) is 30.9 Å². The van der Waals surface area contributed by atoms with Gasteiger partial charge in [-0.1, -0.05) is 0 Å². The number of nitrogens with zero attached hydrogens (tertiary/aromatic N) is 1. The lowest BCUT2D eigenvalue weighted by atomic mass is 10.0. The number of hydrogen-bond acceptors (Lipinski definition) is 5. The van der Waals surface area contributed by atoms with Gasteiger partial charge < -0.3 is 9.64 Å². The molecule has 1 unspecified atom stereocenters. The summed E-state index contributed by atoms with van der Waals surface area (Å²) in [6.07, 6.45) is 0.142. The molecule has 8 heteroatoms. The van der Waals surface area contributed by atoms with Gasteiger partial charge in [0.1, 0.15) is 0 Å². The summed E-state index contributed by atoms with van der Waals surface area (Å²) in [5, 5.41) is 0. The maximum Gasteiger partial charge on any atom is 0.337 e. The normalized spacial score (nSPS) is 18.3. The van der Waals surface area contributed by atoms with Gasteiger partial charge >= 0.3 is 5.97 Å². The van der Waals surface area contributed by atoms with Crippen molar-refractivity contribution >= 4 is 37.3 Å². The van der Waals surface area contributed by atoms with Crippen LogP contribution in [0.15, 0.2) is 12.1 Å². The van der Waals surface area contributed by atoms with Crippen molar-refractivity contribution in [2.45, 2.75) is 20.3 Å². The summed E-state index contributed by atoms with van der Waals surface area (Å²) in [5.74, 6) is -1.15. The minimum atomic E-state index is -3.65. The first-order valence-electron chi connectivity index (χ1n) is 7.04. The zero-order chi connectivity index (χ0) is 17.4. The van der Waals surface area contributed by atoms with E-state index in [1.165, 1.54) is 7.11 Å². The molecule has 1 amide bonds. The SMILES string of the molecule is COC(=O)c1cc(C)c(N2CC(CS(=O)(=O)Cl)CC2=O)c(C)c1. The molecule has 0 aromatic heterocycles. The molecule has 0 spiro atoms. The molecule has 0 radical (unpaired) electrons. The second-order valence-electron chi connectivity index (χ2n) is 5.73. The van der Waals surface area contributed by atoms with E-state index in [0.717, 1.165) is 11.1 Å². The third-order valence-electron chi connectivity index (χ3n) is 3.82. The van der Waals surface area contributed by atoms with Crippen molar-refractivity contribution in [3.63, 3.8) is 0 Å². The molecule has 1 atom stereocenters. The Morgan fingerprint density at radius 3 is 2.39 bits per heavy atom. The van der Waals surface area contributed by atoms with Crippen molar-refractivity contribution in [1.82, 2.24) is 0 Å². The smallest absolute Gasteiger partial charge is 0.337 e. The quantitative estimate of drug-likeness (QED) is 0.606. The number of halogens is 1. The number of amides is 1. The van der Waals surface area contributed by atoms with E-state index in [2.05, 4.69) is 0 Å². The van der Waals surface area contributed by atoms with Crippen LogP contribution in [0.1, 0.15) is 27.9 Å². The van der Waals surface area contributed by atoms with Crippen molar-refractivity contribution in [3.8, 4) is 0 Å². The van der Waals surface area contributed by atoms with Gasteiger partial charge in [-0.2, -0.15) is 0 Å². The Hall–Kier alpha value is -1.60. The molecule has 2 rings (SSSR count). The fraction of sp³-hybridized carbons (Fsp3) is 0.467. The maximum atomic E-state index is 12.2. The van der Waals surface area contributed by atoms with E-state index in [0.29, 0.717) is 17.8 Å². The lowest BCUT2D eigenvalue weighted by Crippen LogP contribution is -2.27. The van der Waals surface area contributed by atoms with Crippen molar-refractivity contribution in [1.29, 1.82) is 0 Å². The van der Waals surface area contributed by atoms with Crippen molar-refractivity contribution in [3.05, 3.63) is 28.8 Å².